The van der Waals surface area contributed by atoms with Crippen molar-refractivity contribution in [2.75, 3.05) is 4.90 Å². The van der Waals surface area contributed by atoms with Crippen LogP contribution in [0, 0.1) is 27.7 Å². The van der Waals surface area contributed by atoms with E-state index in [4.69, 9.17) is 0 Å². The maximum absolute atomic E-state index is 2.30. The molecule has 31 heavy (non-hydrogen) atoms. The molecule has 0 atom stereocenters. The van der Waals surface area contributed by atoms with Gasteiger partial charge in [-0.2, -0.15) is 0 Å². The van der Waals surface area contributed by atoms with Gasteiger partial charge in [0.15, 0.2) is 0 Å². The Bertz CT molecular complexity index is 1140. The summed E-state index contributed by atoms with van der Waals surface area (Å²) in [4.78, 5) is 2.30. The van der Waals surface area contributed by atoms with Crippen molar-refractivity contribution in [2.45, 2.75) is 27.7 Å². The van der Waals surface area contributed by atoms with Crippen molar-refractivity contribution in [2.24, 2.45) is 0 Å². The van der Waals surface area contributed by atoms with Crippen LogP contribution in [0.25, 0.3) is 12.2 Å². The molecule has 0 radical (unpaired) electrons. The molecule has 0 saturated heterocycles. The minimum absolute atomic E-state index is 1.15. The molecule has 4 aromatic rings. The largest absolute Gasteiger partial charge is 0.311 e. The SMILES string of the molecule is Cc1ccc(N(c2ccc(C)cc2)c2ccc(/C=C/c3ccc(C)c(C)c3)cc2)cc1. The second-order valence-electron chi connectivity index (χ2n) is 8.28. The van der Waals surface area contributed by atoms with Crippen LogP contribution in [0.2, 0.25) is 0 Å². The Morgan fingerprint density at radius 2 is 0.871 bits per heavy atom. The first kappa shape index (κ1) is 20.7. The zero-order valence-electron chi connectivity index (χ0n) is 18.8. The normalized spacial score (nSPS) is 11.1. The number of aryl methyl sites for hydroxylation is 4. The first-order valence-electron chi connectivity index (χ1n) is 10.8. The van der Waals surface area contributed by atoms with Crippen molar-refractivity contribution in [3.8, 4) is 0 Å². The molecule has 0 amide bonds. The summed E-state index contributed by atoms with van der Waals surface area (Å²) in [6.45, 7) is 8.55. The molecule has 0 heterocycles. The quantitative estimate of drug-likeness (QED) is 0.302. The van der Waals surface area contributed by atoms with Crippen LogP contribution in [0.1, 0.15) is 33.4 Å². The molecule has 0 fully saturated rings. The van der Waals surface area contributed by atoms with E-state index in [2.05, 4.69) is 136 Å². The van der Waals surface area contributed by atoms with E-state index >= 15 is 0 Å². The van der Waals surface area contributed by atoms with Gasteiger partial charge in [-0.1, -0.05) is 77.9 Å². The predicted octanol–water partition coefficient (Wildman–Crippen LogP) is 8.56. The molecule has 0 bridgehead atoms. The molecule has 0 unspecified atom stereocenters. The van der Waals surface area contributed by atoms with Gasteiger partial charge in [-0.25, -0.2) is 0 Å². The third kappa shape index (κ3) is 4.95. The second kappa shape index (κ2) is 9.06. The zero-order valence-corrected chi connectivity index (χ0v) is 18.8. The van der Waals surface area contributed by atoms with Gasteiger partial charge in [-0.15, -0.1) is 0 Å². The molecule has 0 aliphatic rings. The topological polar surface area (TPSA) is 3.24 Å². The van der Waals surface area contributed by atoms with Gasteiger partial charge >= 0.3 is 0 Å². The van der Waals surface area contributed by atoms with Gasteiger partial charge in [0.05, 0.1) is 0 Å². The van der Waals surface area contributed by atoms with Crippen molar-refractivity contribution in [1.82, 2.24) is 0 Å². The summed E-state index contributed by atoms with van der Waals surface area (Å²) in [5.41, 5.74) is 11.1. The third-order valence-electron chi connectivity index (χ3n) is 5.73. The molecule has 0 aromatic heterocycles. The maximum Gasteiger partial charge on any atom is 0.0462 e. The molecule has 4 aromatic carbocycles. The lowest BCUT2D eigenvalue weighted by molar-refractivity contribution is 1.27. The van der Waals surface area contributed by atoms with Gasteiger partial charge in [-0.3, -0.25) is 0 Å². The standard InChI is InChI=1S/C30H29N/c1-22-5-15-28(16-6-22)31(29-17-7-23(2)8-18-29)30-19-13-26(14-20-30)11-12-27-10-9-24(3)25(4)21-27/h5-21H,1-4H3/b12-11+. The summed E-state index contributed by atoms with van der Waals surface area (Å²) >= 11 is 0. The van der Waals surface area contributed by atoms with Crippen LogP contribution in [0.15, 0.2) is 91.0 Å². The van der Waals surface area contributed by atoms with Gasteiger partial charge in [-0.05, 0) is 86.3 Å². The summed E-state index contributed by atoms with van der Waals surface area (Å²) < 4.78 is 0. The number of benzene rings is 4. The fraction of sp³-hybridized carbons (Fsp3) is 0.133. The molecule has 0 spiro atoms. The number of hydrogen-bond acceptors (Lipinski definition) is 1. The van der Waals surface area contributed by atoms with Crippen LogP contribution < -0.4 is 4.90 Å². The monoisotopic (exact) mass is 403 g/mol. The number of nitrogens with zero attached hydrogens (tertiary/aromatic N) is 1. The highest BCUT2D eigenvalue weighted by Crippen LogP contribution is 2.34. The molecule has 0 saturated carbocycles. The smallest absolute Gasteiger partial charge is 0.0462 e. The van der Waals surface area contributed by atoms with Crippen molar-refractivity contribution in [3.63, 3.8) is 0 Å². The van der Waals surface area contributed by atoms with E-state index in [0.717, 1.165) is 17.1 Å². The fourth-order valence-corrected chi connectivity index (χ4v) is 3.63. The molecule has 4 rings (SSSR count). The van der Waals surface area contributed by atoms with E-state index in [9.17, 15) is 0 Å². The van der Waals surface area contributed by atoms with Crippen molar-refractivity contribution < 1.29 is 0 Å². The Hall–Kier alpha value is -3.58. The lowest BCUT2D eigenvalue weighted by atomic mass is 10.1. The van der Waals surface area contributed by atoms with Crippen LogP contribution in [0.3, 0.4) is 0 Å². The van der Waals surface area contributed by atoms with Crippen LogP contribution in [-0.2, 0) is 0 Å². The summed E-state index contributed by atoms with van der Waals surface area (Å²) in [5, 5.41) is 0. The molecule has 1 heteroatoms. The summed E-state index contributed by atoms with van der Waals surface area (Å²) in [5.74, 6) is 0. The van der Waals surface area contributed by atoms with Crippen LogP contribution >= 0.6 is 0 Å². The predicted molar refractivity (Wildman–Crippen MR) is 135 cm³/mol. The lowest BCUT2D eigenvalue weighted by Crippen LogP contribution is -2.09. The van der Waals surface area contributed by atoms with Crippen molar-refractivity contribution >= 4 is 29.2 Å². The van der Waals surface area contributed by atoms with E-state index in [1.807, 2.05) is 0 Å². The first-order chi connectivity index (χ1) is 15.0. The Balaban J connectivity index is 1.64. The average molecular weight is 404 g/mol. The molecular formula is C30H29N. The van der Waals surface area contributed by atoms with Gasteiger partial charge in [0.1, 0.15) is 0 Å². The molecule has 0 aliphatic carbocycles. The Morgan fingerprint density at radius 3 is 1.35 bits per heavy atom. The Kier molecular flexibility index (Phi) is 6.04. The fourth-order valence-electron chi connectivity index (χ4n) is 3.63. The lowest BCUT2D eigenvalue weighted by Gasteiger charge is -2.25. The minimum Gasteiger partial charge on any atom is -0.311 e. The maximum atomic E-state index is 2.30. The molecule has 1 nitrogen and oxygen atoms in total. The first-order valence-corrected chi connectivity index (χ1v) is 10.8. The van der Waals surface area contributed by atoms with E-state index < -0.39 is 0 Å². The molecular weight excluding hydrogens is 374 g/mol. The summed E-state index contributed by atoms with van der Waals surface area (Å²) in [6, 6.07) is 32.7. The van der Waals surface area contributed by atoms with Crippen molar-refractivity contribution in [1.29, 1.82) is 0 Å². The van der Waals surface area contributed by atoms with E-state index in [1.54, 1.807) is 0 Å². The van der Waals surface area contributed by atoms with Crippen LogP contribution in [-0.4, -0.2) is 0 Å². The minimum atomic E-state index is 1.15. The highest BCUT2D eigenvalue weighted by atomic mass is 15.1. The van der Waals surface area contributed by atoms with Gasteiger partial charge in [0, 0.05) is 17.1 Å². The summed E-state index contributed by atoms with van der Waals surface area (Å²) in [7, 11) is 0. The van der Waals surface area contributed by atoms with Crippen molar-refractivity contribution in [3.05, 3.63) is 124 Å². The number of anilines is 3. The summed E-state index contributed by atoms with van der Waals surface area (Å²) in [6.07, 6.45) is 4.36. The average Bonchev–Trinajstić information content (AvgIpc) is 2.78. The van der Waals surface area contributed by atoms with Gasteiger partial charge < -0.3 is 4.90 Å². The van der Waals surface area contributed by atoms with E-state index in [-0.39, 0.29) is 0 Å². The Morgan fingerprint density at radius 1 is 0.452 bits per heavy atom. The third-order valence-corrected chi connectivity index (χ3v) is 5.73. The van der Waals surface area contributed by atoms with Crippen LogP contribution in [0.4, 0.5) is 17.1 Å². The molecule has 0 N–H and O–H groups in total. The molecule has 0 aliphatic heterocycles. The number of hydrogen-bond donors (Lipinski definition) is 0. The van der Waals surface area contributed by atoms with Gasteiger partial charge in [0.2, 0.25) is 0 Å². The van der Waals surface area contributed by atoms with E-state index in [0.29, 0.717) is 0 Å². The zero-order chi connectivity index (χ0) is 21.8. The second-order valence-corrected chi connectivity index (χ2v) is 8.28. The van der Waals surface area contributed by atoms with Gasteiger partial charge in [0.25, 0.3) is 0 Å². The highest BCUT2D eigenvalue weighted by molar-refractivity contribution is 5.78. The van der Waals surface area contributed by atoms with E-state index in [1.165, 1.54) is 33.4 Å². The number of rotatable bonds is 5. The van der Waals surface area contributed by atoms with Crippen LogP contribution in [0.5, 0.6) is 0 Å². The highest BCUT2D eigenvalue weighted by Gasteiger charge is 2.12. The molecule has 154 valence electrons. The Labute approximate surface area is 186 Å².